The van der Waals surface area contributed by atoms with Gasteiger partial charge in [0.25, 0.3) is 0 Å². The molecule has 0 aromatic rings. The number of aliphatic hydroxyl groups is 1. The highest BCUT2D eigenvalue weighted by Gasteiger charge is 2.47. The fraction of sp³-hybridized carbons (Fsp3) is 0.818. The van der Waals surface area contributed by atoms with Gasteiger partial charge in [-0.3, -0.25) is 4.79 Å². The Morgan fingerprint density at radius 3 is 2.19 bits per heavy atom. The van der Waals surface area contributed by atoms with Crippen molar-refractivity contribution in [3.05, 3.63) is 0 Å². The highest BCUT2D eigenvalue weighted by molar-refractivity contribution is 5.87. The summed E-state index contributed by atoms with van der Waals surface area (Å²) >= 11 is 0. The summed E-state index contributed by atoms with van der Waals surface area (Å²) in [7, 11) is 0. The van der Waals surface area contributed by atoms with Gasteiger partial charge in [-0.1, -0.05) is 27.7 Å². The van der Waals surface area contributed by atoms with E-state index in [4.69, 9.17) is 5.11 Å². The maximum absolute atomic E-state index is 12.0. The highest BCUT2D eigenvalue weighted by atomic mass is 16.4. The van der Waals surface area contributed by atoms with Gasteiger partial charge in [-0.15, -0.1) is 0 Å². The summed E-state index contributed by atoms with van der Waals surface area (Å²) in [6.07, 6.45) is -0.757. The van der Waals surface area contributed by atoms with E-state index in [-0.39, 0.29) is 12.5 Å². The van der Waals surface area contributed by atoms with Crippen molar-refractivity contribution in [2.45, 2.75) is 39.8 Å². The van der Waals surface area contributed by atoms with Crippen molar-refractivity contribution < 1.29 is 19.8 Å². The third kappa shape index (κ3) is 2.19. The molecule has 5 nitrogen and oxygen atoms in total. The molecule has 1 amide bonds. The van der Waals surface area contributed by atoms with Crippen molar-refractivity contribution in [1.29, 1.82) is 0 Å². The van der Waals surface area contributed by atoms with Crippen LogP contribution in [0.15, 0.2) is 0 Å². The lowest BCUT2D eigenvalue weighted by Crippen LogP contribution is -2.47. The summed E-state index contributed by atoms with van der Waals surface area (Å²) in [4.78, 5) is 24.4. The second-order valence-corrected chi connectivity index (χ2v) is 5.42. The maximum Gasteiger partial charge on any atom is 0.326 e. The molecule has 1 aliphatic heterocycles. The van der Waals surface area contributed by atoms with Gasteiger partial charge in [0.15, 0.2) is 0 Å². The van der Waals surface area contributed by atoms with Crippen LogP contribution in [0.4, 0.5) is 0 Å². The van der Waals surface area contributed by atoms with Gasteiger partial charge in [0, 0.05) is 17.9 Å². The van der Waals surface area contributed by atoms with Crippen molar-refractivity contribution >= 4 is 11.9 Å². The monoisotopic (exact) mass is 229 g/mol. The third-order valence-electron chi connectivity index (χ3n) is 2.98. The van der Waals surface area contributed by atoms with E-state index in [1.54, 1.807) is 27.7 Å². The Morgan fingerprint density at radius 1 is 1.31 bits per heavy atom. The number of hydrogen-bond acceptors (Lipinski definition) is 3. The number of rotatable bonds is 1. The summed E-state index contributed by atoms with van der Waals surface area (Å²) in [5.74, 6) is -1.71. The largest absolute Gasteiger partial charge is 0.480 e. The van der Waals surface area contributed by atoms with Crippen LogP contribution in [-0.4, -0.2) is 45.7 Å². The van der Waals surface area contributed by atoms with Crippen LogP contribution in [0.25, 0.3) is 0 Å². The molecule has 0 aromatic carbocycles. The molecular weight excluding hydrogens is 210 g/mol. The normalized spacial score (nSPS) is 30.6. The predicted octanol–water partition coefficient (Wildman–Crippen LogP) is 0.325. The third-order valence-corrected chi connectivity index (χ3v) is 2.98. The van der Waals surface area contributed by atoms with E-state index in [0.29, 0.717) is 0 Å². The Kier molecular flexibility index (Phi) is 3.28. The zero-order valence-electron chi connectivity index (χ0n) is 10.1. The number of aliphatic carboxylic acids is 1. The maximum atomic E-state index is 12.0. The first kappa shape index (κ1) is 13.0. The molecule has 5 heteroatoms. The van der Waals surface area contributed by atoms with Crippen LogP contribution in [0.2, 0.25) is 0 Å². The summed E-state index contributed by atoms with van der Waals surface area (Å²) in [6, 6.07) is -0.915. The van der Waals surface area contributed by atoms with Gasteiger partial charge < -0.3 is 15.1 Å². The topological polar surface area (TPSA) is 77.8 Å². The molecule has 0 radical (unpaired) electrons. The molecule has 0 aliphatic carbocycles. The minimum atomic E-state index is -1.05. The van der Waals surface area contributed by atoms with E-state index in [1.807, 2.05) is 0 Å². The molecule has 16 heavy (non-hydrogen) atoms. The lowest BCUT2D eigenvalue weighted by molar-refractivity contribution is -0.152. The average Bonchev–Trinajstić information content (AvgIpc) is 2.40. The van der Waals surface area contributed by atoms with Crippen molar-refractivity contribution in [3.63, 3.8) is 0 Å². The zero-order chi connectivity index (χ0) is 12.7. The highest BCUT2D eigenvalue weighted by Crippen LogP contribution is 2.29. The average molecular weight is 229 g/mol. The number of carbonyl (C=O) groups excluding carboxylic acids is 1. The lowest BCUT2D eigenvalue weighted by Gasteiger charge is -2.29. The lowest BCUT2D eigenvalue weighted by atomic mass is 9.93. The standard InChI is InChI=1S/C11H19NO4/c1-6-7(13)5-12(8(6)9(14)15)10(16)11(2,3)4/h6-8,13H,5H2,1-4H3,(H,14,15)/t6-,7+,8-/m0/s1. The van der Waals surface area contributed by atoms with Crippen molar-refractivity contribution in [2.24, 2.45) is 11.3 Å². The number of carboxylic acids is 1. The number of β-amino-alcohol motifs (C(OH)–C–C–N with tert-alkyl or cyclic N) is 1. The molecule has 0 spiro atoms. The minimum absolute atomic E-state index is 0.105. The second-order valence-electron chi connectivity index (χ2n) is 5.42. The van der Waals surface area contributed by atoms with Crippen LogP contribution in [0, 0.1) is 11.3 Å². The molecule has 0 unspecified atom stereocenters. The Hall–Kier alpha value is -1.10. The van der Waals surface area contributed by atoms with Gasteiger partial charge in [-0.2, -0.15) is 0 Å². The van der Waals surface area contributed by atoms with Crippen LogP contribution in [0.5, 0.6) is 0 Å². The minimum Gasteiger partial charge on any atom is -0.480 e. The Bertz CT molecular complexity index is 308. The quantitative estimate of drug-likeness (QED) is 0.679. The Morgan fingerprint density at radius 2 is 1.81 bits per heavy atom. The zero-order valence-corrected chi connectivity index (χ0v) is 10.1. The fourth-order valence-electron chi connectivity index (χ4n) is 1.97. The predicted molar refractivity (Wildman–Crippen MR) is 57.8 cm³/mol. The van der Waals surface area contributed by atoms with E-state index in [0.717, 1.165) is 0 Å². The number of amides is 1. The van der Waals surface area contributed by atoms with Gasteiger partial charge in [0.1, 0.15) is 6.04 Å². The second kappa shape index (κ2) is 4.05. The van der Waals surface area contributed by atoms with Crippen LogP contribution < -0.4 is 0 Å². The molecule has 1 heterocycles. The fourth-order valence-corrected chi connectivity index (χ4v) is 1.97. The van der Waals surface area contributed by atoms with Crippen molar-refractivity contribution in [1.82, 2.24) is 4.90 Å². The summed E-state index contributed by atoms with van der Waals surface area (Å²) < 4.78 is 0. The van der Waals surface area contributed by atoms with Crippen molar-refractivity contribution in [2.75, 3.05) is 6.54 Å². The Labute approximate surface area is 95.1 Å². The first-order chi connectivity index (χ1) is 7.16. The van der Waals surface area contributed by atoms with Gasteiger partial charge in [0.05, 0.1) is 6.10 Å². The molecule has 0 bridgehead atoms. The summed E-state index contributed by atoms with van der Waals surface area (Å²) in [6.45, 7) is 6.98. The van der Waals surface area contributed by atoms with E-state index in [2.05, 4.69) is 0 Å². The Balaban J connectivity index is 2.96. The molecular formula is C11H19NO4. The molecule has 0 saturated carbocycles. The van der Waals surface area contributed by atoms with Gasteiger partial charge in [-0.05, 0) is 0 Å². The van der Waals surface area contributed by atoms with Gasteiger partial charge >= 0.3 is 5.97 Å². The SMILES string of the molecule is C[C@H]1[C@H](O)CN(C(=O)C(C)(C)C)[C@@H]1C(=O)O. The van der Waals surface area contributed by atoms with E-state index >= 15 is 0 Å². The van der Waals surface area contributed by atoms with E-state index in [9.17, 15) is 14.7 Å². The van der Waals surface area contributed by atoms with E-state index in [1.165, 1.54) is 4.90 Å². The summed E-state index contributed by atoms with van der Waals surface area (Å²) in [5.41, 5.74) is -0.627. The molecule has 1 rings (SSSR count). The molecule has 0 aromatic heterocycles. The van der Waals surface area contributed by atoms with Crippen LogP contribution >= 0.6 is 0 Å². The first-order valence-electron chi connectivity index (χ1n) is 5.38. The smallest absolute Gasteiger partial charge is 0.326 e. The number of aliphatic hydroxyl groups excluding tert-OH is 1. The molecule has 1 fully saturated rings. The van der Waals surface area contributed by atoms with Crippen LogP contribution in [0.1, 0.15) is 27.7 Å². The number of carboxylic acid groups (broad SMARTS) is 1. The first-order valence-corrected chi connectivity index (χ1v) is 5.38. The molecule has 1 saturated heterocycles. The van der Waals surface area contributed by atoms with Gasteiger partial charge in [0.2, 0.25) is 5.91 Å². The van der Waals surface area contributed by atoms with Crippen molar-refractivity contribution in [3.8, 4) is 0 Å². The molecule has 3 atom stereocenters. The van der Waals surface area contributed by atoms with Crippen LogP contribution in [-0.2, 0) is 9.59 Å². The number of carbonyl (C=O) groups is 2. The van der Waals surface area contributed by atoms with Gasteiger partial charge in [-0.25, -0.2) is 4.79 Å². The molecule has 92 valence electrons. The number of likely N-dealkylation sites (tertiary alicyclic amines) is 1. The number of nitrogens with zero attached hydrogens (tertiary/aromatic N) is 1. The molecule has 2 N–H and O–H groups in total. The van der Waals surface area contributed by atoms with E-state index < -0.39 is 29.4 Å². The number of hydrogen-bond donors (Lipinski definition) is 2. The molecule has 1 aliphatic rings. The van der Waals surface area contributed by atoms with Crippen LogP contribution in [0.3, 0.4) is 0 Å². The summed E-state index contributed by atoms with van der Waals surface area (Å²) in [5, 5.41) is 18.7.